The third kappa shape index (κ3) is 3.26. The molecule has 0 aliphatic heterocycles. The summed E-state index contributed by atoms with van der Waals surface area (Å²) in [6.45, 7) is -0.448. The molecule has 0 fully saturated rings. The average molecular weight is 383 g/mol. The number of halogens is 3. The van der Waals surface area contributed by atoms with Crippen LogP contribution >= 0.6 is 34.8 Å². The highest BCUT2D eigenvalue weighted by Gasteiger charge is 2.23. The van der Waals surface area contributed by atoms with E-state index in [4.69, 9.17) is 34.8 Å². The van der Waals surface area contributed by atoms with Crippen molar-refractivity contribution in [1.82, 2.24) is 0 Å². The lowest BCUT2D eigenvalue weighted by Gasteiger charge is -2.15. The van der Waals surface area contributed by atoms with Crippen LogP contribution in [-0.2, 0) is 16.6 Å². The van der Waals surface area contributed by atoms with Gasteiger partial charge in [0.25, 0.3) is 10.0 Å². The standard InChI is InChI=1S/C13H10Cl3NO4S/c14-8-5-4-7(6-18)12(11(8)16)17-22(20,21)10-3-1-2-9(15)13(10)19/h1-5,17-19H,6H2. The van der Waals surface area contributed by atoms with Gasteiger partial charge in [0.05, 0.1) is 27.4 Å². The molecule has 2 aromatic rings. The second-order valence-corrected chi connectivity index (χ2v) is 7.09. The van der Waals surface area contributed by atoms with Crippen LogP contribution in [-0.4, -0.2) is 18.6 Å². The van der Waals surface area contributed by atoms with Gasteiger partial charge in [0, 0.05) is 5.56 Å². The van der Waals surface area contributed by atoms with E-state index in [9.17, 15) is 18.6 Å². The molecule has 2 aromatic carbocycles. The molecule has 0 bridgehead atoms. The van der Waals surface area contributed by atoms with E-state index in [1.165, 1.54) is 30.3 Å². The Morgan fingerprint density at radius 1 is 1.05 bits per heavy atom. The highest BCUT2D eigenvalue weighted by Crippen LogP contribution is 2.37. The van der Waals surface area contributed by atoms with Crippen LogP contribution in [0, 0.1) is 0 Å². The first-order valence-corrected chi connectivity index (χ1v) is 8.47. The maximum atomic E-state index is 12.4. The minimum absolute atomic E-state index is 0.0571. The van der Waals surface area contributed by atoms with Crippen molar-refractivity contribution in [3.05, 3.63) is 51.0 Å². The summed E-state index contributed by atoms with van der Waals surface area (Å²) in [7, 11) is -4.18. The van der Waals surface area contributed by atoms with E-state index in [0.717, 1.165) is 0 Å². The Kier molecular flexibility index (Phi) is 5.09. The van der Waals surface area contributed by atoms with Crippen molar-refractivity contribution < 1.29 is 18.6 Å². The van der Waals surface area contributed by atoms with Gasteiger partial charge in [-0.1, -0.05) is 46.9 Å². The molecule has 0 radical (unpaired) electrons. The first-order chi connectivity index (χ1) is 10.3. The van der Waals surface area contributed by atoms with E-state index in [1.54, 1.807) is 0 Å². The number of hydrogen-bond acceptors (Lipinski definition) is 4. The van der Waals surface area contributed by atoms with Gasteiger partial charge in [0.15, 0.2) is 5.75 Å². The molecule has 0 heterocycles. The van der Waals surface area contributed by atoms with Crippen LogP contribution in [0.3, 0.4) is 0 Å². The summed E-state index contributed by atoms with van der Waals surface area (Å²) in [5, 5.41) is 19.0. The van der Waals surface area contributed by atoms with Crippen LogP contribution in [0.5, 0.6) is 5.75 Å². The van der Waals surface area contributed by atoms with Crippen molar-refractivity contribution >= 4 is 50.5 Å². The topological polar surface area (TPSA) is 86.6 Å². The van der Waals surface area contributed by atoms with E-state index in [-0.39, 0.29) is 26.3 Å². The first-order valence-electron chi connectivity index (χ1n) is 5.86. The smallest absolute Gasteiger partial charge is 0.265 e. The lowest BCUT2D eigenvalue weighted by Crippen LogP contribution is -2.15. The van der Waals surface area contributed by atoms with Gasteiger partial charge in [0.1, 0.15) is 4.90 Å². The molecule has 3 N–H and O–H groups in total. The van der Waals surface area contributed by atoms with Crippen LogP contribution < -0.4 is 4.72 Å². The van der Waals surface area contributed by atoms with E-state index in [0.29, 0.717) is 0 Å². The van der Waals surface area contributed by atoms with Crippen molar-refractivity contribution in [2.24, 2.45) is 0 Å². The molecule has 0 spiro atoms. The van der Waals surface area contributed by atoms with Crippen molar-refractivity contribution in [3.63, 3.8) is 0 Å². The fraction of sp³-hybridized carbons (Fsp3) is 0.0769. The molecular weight excluding hydrogens is 373 g/mol. The van der Waals surface area contributed by atoms with Gasteiger partial charge < -0.3 is 10.2 Å². The molecule has 0 amide bonds. The molecule has 0 aromatic heterocycles. The van der Waals surface area contributed by atoms with Gasteiger partial charge in [-0.15, -0.1) is 0 Å². The molecule has 2 rings (SSSR count). The number of aliphatic hydroxyl groups excluding tert-OH is 1. The number of aromatic hydroxyl groups is 1. The zero-order chi connectivity index (χ0) is 16.5. The number of phenols is 1. The third-order valence-electron chi connectivity index (χ3n) is 2.83. The summed E-state index contributed by atoms with van der Waals surface area (Å²) in [5.41, 5.74) is 0.176. The van der Waals surface area contributed by atoms with Crippen LogP contribution in [0.1, 0.15) is 5.56 Å². The maximum absolute atomic E-state index is 12.4. The number of aliphatic hydroxyl groups is 1. The summed E-state index contributed by atoms with van der Waals surface area (Å²) in [4.78, 5) is -0.417. The molecule has 0 aliphatic rings. The lowest BCUT2D eigenvalue weighted by molar-refractivity contribution is 0.282. The summed E-state index contributed by atoms with van der Waals surface area (Å²) < 4.78 is 27.0. The Labute approximate surface area is 142 Å². The molecule has 0 saturated carbocycles. The van der Waals surface area contributed by atoms with Crippen molar-refractivity contribution in [3.8, 4) is 5.75 Å². The van der Waals surface area contributed by atoms with Gasteiger partial charge in [0.2, 0.25) is 0 Å². The number of anilines is 1. The molecule has 22 heavy (non-hydrogen) atoms. The molecule has 0 aliphatic carbocycles. The predicted octanol–water partition coefficient (Wildman–Crippen LogP) is 3.65. The zero-order valence-corrected chi connectivity index (χ0v) is 13.9. The Balaban J connectivity index is 2.55. The van der Waals surface area contributed by atoms with E-state index >= 15 is 0 Å². The van der Waals surface area contributed by atoms with E-state index in [1.807, 2.05) is 0 Å². The van der Waals surface area contributed by atoms with Gasteiger partial charge in [-0.25, -0.2) is 8.42 Å². The van der Waals surface area contributed by atoms with Crippen molar-refractivity contribution in [2.45, 2.75) is 11.5 Å². The highest BCUT2D eigenvalue weighted by atomic mass is 35.5. The summed E-state index contributed by atoms with van der Waals surface area (Å²) >= 11 is 17.5. The Morgan fingerprint density at radius 2 is 1.73 bits per heavy atom. The number of rotatable bonds is 4. The molecule has 0 saturated heterocycles. The number of phenolic OH excluding ortho intramolecular Hbond substituents is 1. The minimum atomic E-state index is -4.18. The first kappa shape index (κ1) is 17.2. The van der Waals surface area contributed by atoms with Gasteiger partial charge >= 0.3 is 0 Å². The highest BCUT2D eigenvalue weighted by molar-refractivity contribution is 7.92. The lowest BCUT2D eigenvalue weighted by atomic mass is 10.2. The summed E-state index contributed by atoms with van der Waals surface area (Å²) in [6, 6.07) is 6.78. The number of sulfonamides is 1. The minimum Gasteiger partial charge on any atom is -0.505 e. The van der Waals surface area contributed by atoms with Gasteiger partial charge in [-0.3, -0.25) is 4.72 Å². The quantitative estimate of drug-likeness (QED) is 0.753. The van der Waals surface area contributed by atoms with Crippen LogP contribution in [0.2, 0.25) is 15.1 Å². The van der Waals surface area contributed by atoms with Gasteiger partial charge in [-0.05, 0) is 18.2 Å². The van der Waals surface area contributed by atoms with E-state index < -0.39 is 27.3 Å². The van der Waals surface area contributed by atoms with Crippen LogP contribution in [0.25, 0.3) is 0 Å². The summed E-state index contributed by atoms with van der Waals surface area (Å²) in [5.74, 6) is -0.583. The molecule has 5 nitrogen and oxygen atoms in total. The average Bonchev–Trinajstić information content (AvgIpc) is 2.47. The molecule has 9 heteroatoms. The van der Waals surface area contributed by atoms with Crippen molar-refractivity contribution in [2.75, 3.05) is 4.72 Å². The monoisotopic (exact) mass is 381 g/mol. The number of nitrogens with one attached hydrogen (secondary N) is 1. The molecule has 118 valence electrons. The van der Waals surface area contributed by atoms with E-state index in [2.05, 4.69) is 4.72 Å². The number of para-hydroxylation sites is 1. The summed E-state index contributed by atoms with van der Waals surface area (Å²) in [6.07, 6.45) is 0. The SMILES string of the molecule is O=S(=O)(Nc1c(CO)ccc(Cl)c1Cl)c1cccc(Cl)c1O. The fourth-order valence-electron chi connectivity index (χ4n) is 1.73. The third-order valence-corrected chi connectivity index (χ3v) is 5.32. The largest absolute Gasteiger partial charge is 0.505 e. The van der Waals surface area contributed by atoms with Crippen LogP contribution in [0.4, 0.5) is 5.69 Å². The van der Waals surface area contributed by atoms with Crippen LogP contribution in [0.15, 0.2) is 35.2 Å². The fourth-order valence-corrected chi connectivity index (χ4v) is 3.64. The second kappa shape index (κ2) is 6.52. The zero-order valence-electron chi connectivity index (χ0n) is 10.8. The number of benzene rings is 2. The van der Waals surface area contributed by atoms with Crippen molar-refractivity contribution in [1.29, 1.82) is 0 Å². The Bertz CT molecular complexity index is 824. The molecule has 0 atom stereocenters. The maximum Gasteiger partial charge on any atom is 0.265 e. The Hall–Kier alpha value is -1.18. The second-order valence-electron chi connectivity index (χ2n) is 4.25. The Morgan fingerprint density at radius 3 is 2.36 bits per heavy atom. The normalized spacial score (nSPS) is 11.5. The number of hydrogen-bond donors (Lipinski definition) is 3. The molecular formula is C13H10Cl3NO4S. The van der Waals surface area contributed by atoms with Gasteiger partial charge in [-0.2, -0.15) is 0 Å². The predicted molar refractivity (Wildman–Crippen MR) is 86.3 cm³/mol. The molecule has 0 unspecified atom stereocenters.